The summed E-state index contributed by atoms with van der Waals surface area (Å²) in [6.45, 7) is 2.66. The van der Waals surface area contributed by atoms with Gasteiger partial charge < -0.3 is 11.1 Å². The highest BCUT2D eigenvalue weighted by Crippen LogP contribution is 2.10. The molecule has 1 aromatic carbocycles. The third-order valence-corrected chi connectivity index (χ3v) is 3.09. The maximum Gasteiger partial charge on any atom is 0.236 e. The van der Waals surface area contributed by atoms with E-state index in [1.54, 1.807) is 0 Å². The molecule has 1 atom stereocenters. The molecule has 1 rings (SSSR count). The van der Waals surface area contributed by atoms with Gasteiger partial charge in [0.15, 0.2) is 0 Å². The molecule has 0 heterocycles. The SMILES string of the molecule is CCCC(N)C(=O)NCCc1ccc(Br)cc1. The molecule has 1 unspecified atom stereocenters. The average molecular weight is 299 g/mol. The van der Waals surface area contributed by atoms with Gasteiger partial charge in [0.05, 0.1) is 6.04 Å². The number of rotatable bonds is 6. The van der Waals surface area contributed by atoms with Crippen LogP contribution in [0.1, 0.15) is 25.3 Å². The van der Waals surface area contributed by atoms with E-state index in [1.165, 1.54) is 5.56 Å². The van der Waals surface area contributed by atoms with E-state index < -0.39 is 0 Å². The molecule has 3 N–H and O–H groups in total. The van der Waals surface area contributed by atoms with Crippen LogP contribution in [0.2, 0.25) is 0 Å². The fourth-order valence-electron chi connectivity index (χ4n) is 1.55. The molecule has 0 aliphatic rings. The van der Waals surface area contributed by atoms with E-state index in [2.05, 4.69) is 21.2 Å². The van der Waals surface area contributed by atoms with E-state index in [1.807, 2.05) is 31.2 Å². The van der Waals surface area contributed by atoms with E-state index in [0.29, 0.717) is 6.54 Å². The Bertz CT molecular complexity index is 351. The predicted octanol–water partition coefficient (Wildman–Crippen LogP) is 2.24. The Balaban J connectivity index is 2.28. The quantitative estimate of drug-likeness (QED) is 0.846. The minimum Gasteiger partial charge on any atom is -0.354 e. The van der Waals surface area contributed by atoms with Crippen LogP contribution in [-0.2, 0) is 11.2 Å². The lowest BCUT2D eigenvalue weighted by Crippen LogP contribution is -2.41. The highest BCUT2D eigenvalue weighted by Gasteiger charge is 2.10. The largest absolute Gasteiger partial charge is 0.354 e. The third-order valence-electron chi connectivity index (χ3n) is 2.56. The van der Waals surface area contributed by atoms with Gasteiger partial charge in [-0.3, -0.25) is 4.79 Å². The molecule has 0 aliphatic heterocycles. The van der Waals surface area contributed by atoms with Crippen molar-refractivity contribution in [2.45, 2.75) is 32.2 Å². The number of carbonyl (C=O) groups excluding carboxylic acids is 1. The van der Waals surface area contributed by atoms with E-state index in [0.717, 1.165) is 23.7 Å². The van der Waals surface area contributed by atoms with Gasteiger partial charge in [-0.2, -0.15) is 0 Å². The molecule has 94 valence electrons. The molecular formula is C13H19BrN2O. The van der Waals surface area contributed by atoms with Crippen LogP contribution in [0.3, 0.4) is 0 Å². The Morgan fingerprint density at radius 1 is 1.41 bits per heavy atom. The molecule has 3 nitrogen and oxygen atoms in total. The molecule has 0 fully saturated rings. The minimum absolute atomic E-state index is 0.0519. The Hall–Kier alpha value is -0.870. The predicted molar refractivity (Wildman–Crippen MR) is 73.7 cm³/mol. The summed E-state index contributed by atoms with van der Waals surface area (Å²) in [6.07, 6.45) is 2.50. The van der Waals surface area contributed by atoms with Crippen LogP contribution in [0.5, 0.6) is 0 Å². The minimum atomic E-state index is -0.370. The Morgan fingerprint density at radius 2 is 2.06 bits per heavy atom. The second-order valence-corrected chi connectivity index (χ2v) is 4.98. The van der Waals surface area contributed by atoms with E-state index >= 15 is 0 Å². The molecule has 0 bridgehead atoms. The van der Waals surface area contributed by atoms with Crippen LogP contribution < -0.4 is 11.1 Å². The van der Waals surface area contributed by atoms with Gasteiger partial charge in [0.1, 0.15) is 0 Å². The molecule has 17 heavy (non-hydrogen) atoms. The van der Waals surface area contributed by atoms with Crippen molar-refractivity contribution in [2.24, 2.45) is 5.73 Å². The van der Waals surface area contributed by atoms with Gasteiger partial charge in [0.25, 0.3) is 0 Å². The van der Waals surface area contributed by atoms with Crippen molar-refractivity contribution >= 4 is 21.8 Å². The second kappa shape index (κ2) is 7.45. The molecule has 4 heteroatoms. The van der Waals surface area contributed by atoms with Crippen molar-refractivity contribution in [3.05, 3.63) is 34.3 Å². The van der Waals surface area contributed by atoms with Crippen LogP contribution >= 0.6 is 15.9 Å². The first-order valence-electron chi connectivity index (χ1n) is 5.91. The number of hydrogen-bond donors (Lipinski definition) is 2. The van der Waals surface area contributed by atoms with Crippen molar-refractivity contribution in [3.63, 3.8) is 0 Å². The van der Waals surface area contributed by atoms with Crippen molar-refractivity contribution in [1.82, 2.24) is 5.32 Å². The lowest BCUT2D eigenvalue weighted by Gasteiger charge is -2.11. The van der Waals surface area contributed by atoms with Crippen LogP contribution in [0.15, 0.2) is 28.7 Å². The number of nitrogens with two attached hydrogens (primary N) is 1. The van der Waals surface area contributed by atoms with Gasteiger partial charge in [-0.25, -0.2) is 0 Å². The number of hydrogen-bond acceptors (Lipinski definition) is 2. The lowest BCUT2D eigenvalue weighted by molar-refractivity contribution is -0.122. The summed E-state index contributed by atoms with van der Waals surface area (Å²) in [5.74, 6) is -0.0519. The molecule has 0 saturated heterocycles. The molecule has 0 radical (unpaired) electrons. The molecule has 1 aromatic rings. The van der Waals surface area contributed by atoms with E-state index in [-0.39, 0.29) is 11.9 Å². The highest BCUT2D eigenvalue weighted by molar-refractivity contribution is 9.10. The molecule has 1 amide bonds. The Labute approximate surface area is 111 Å². The first-order valence-corrected chi connectivity index (χ1v) is 6.70. The van der Waals surface area contributed by atoms with Crippen LogP contribution in [-0.4, -0.2) is 18.5 Å². The summed E-state index contributed by atoms with van der Waals surface area (Å²) in [5, 5.41) is 2.85. The van der Waals surface area contributed by atoms with Crippen LogP contribution in [0.25, 0.3) is 0 Å². The molecule has 0 spiro atoms. The maximum atomic E-state index is 11.5. The van der Waals surface area contributed by atoms with Gasteiger partial charge in [0, 0.05) is 11.0 Å². The number of nitrogens with one attached hydrogen (secondary N) is 1. The first-order chi connectivity index (χ1) is 8.13. The van der Waals surface area contributed by atoms with Crippen molar-refractivity contribution in [3.8, 4) is 0 Å². The number of amides is 1. The van der Waals surface area contributed by atoms with Crippen LogP contribution in [0.4, 0.5) is 0 Å². The maximum absolute atomic E-state index is 11.5. The fraction of sp³-hybridized carbons (Fsp3) is 0.462. The zero-order valence-electron chi connectivity index (χ0n) is 10.1. The first kappa shape index (κ1) is 14.2. The highest BCUT2D eigenvalue weighted by atomic mass is 79.9. The smallest absolute Gasteiger partial charge is 0.236 e. The third kappa shape index (κ3) is 5.33. The Morgan fingerprint density at radius 3 is 2.65 bits per heavy atom. The summed E-state index contributed by atoms with van der Waals surface area (Å²) in [5.41, 5.74) is 6.91. The molecular weight excluding hydrogens is 280 g/mol. The summed E-state index contributed by atoms with van der Waals surface area (Å²) < 4.78 is 1.07. The van der Waals surface area contributed by atoms with Crippen molar-refractivity contribution in [1.29, 1.82) is 0 Å². The fourth-order valence-corrected chi connectivity index (χ4v) is 1.82. The lowest BCUT2D eigenvalue weighted by atomic mass is 10.1. The second-order valence-electron chi connectivity index (χ2n) is 4.06. The van der Waals surface area contributed by atoms with Gasteiger partial charge in [-0.1, -0.05) is 41.4 Å². The van der Waals surface area contributed by atoms with E-state index in [9.17, 15) is 4.79 Å². The van der Waals surface area contributed by atoms with E-state index in [4.69, 9.17) is 5.73 Å². The van der Waals surface area contributed by atoms with Crippen molar-refractivity contribution < 1.29 is 4.79 Å². The summed E-state index contributed by atoms with van der Waals surface area (Å²) in [4.78, 5) is 11.5. The topological polar surface area (TPSA) is 55.1 Å². The van der Waals surface area contributed by atoms with Gasteiger partial charge in [-0.15, -0.1) is 0 Å². The average Bonchev–Trinajstić information content (AvgIpc) is 2.32. The molecule has 0 aliphatic carbocycles. The monoisotopic (exact) mass is 298 g/mol. The molecule has 0 saturated carbocycles. The Kier molecular flexibility index (Phi) is 6.22. The standard InChI is InChI=1S/C13H19BrN2O/c1-2-3-12(15)13(17)16-9-8-10-4-6-11(14)7-5-10/h4-7,12H,2-3,8-9,15H2,1H3,(H,16,17). The molecule has 0 aromatic heterocycles. The summed E-state index contributed by atoms with van der Waals surface area (Å²) in [6, 6.07) is 7.72. The number of halogens is 1. The van der Waals surface area contributed by atoms with Gasteiger partial charge >= 0.3 is 0 Å². The summed E-state index contributed by atoms with van der Waals surface area (Å²) in [7, 11) is 0. The van der Waals surface area contributed by atoms with Crippen molar-refractivity contribution in [2.75, 3.05) is 6.54 Å². The number of benzene rings is 1. The summed E-state index contributed by atoms with van der Waals surface area (Å²) >= 11 is 3.39. The van der Waals surface area contributed by atoms with Gasteiger partial charge in [0.2, 0.25) is 5.91 Å². The zero-order chi connectivity index (χ0) is 12.7. The van der Waals surface area contributed by atoms with Gasteiger partial charge in [-0.05, 0) is 30.5 Å². The normalized spacial score (nSPS) is 12.2. The number of carbonyl (C=O) groups is 1. The van der Waals surface area contributed by atoms with Crippen LogP contribution in [0, 0.1) is 0 Å². The zero-order valence-corrected chi connectivity index (χ0v) is 11.7.